The molecule has 0 aliphatic heterocycles. The van der Waals surface area contributed by atoms with Gasteiger partial charge in [-0.25, -0.2) is 4.98 Å². The number of imidazole rings is 1. The minimum absolute atomic E-state index is 0.0624. The number of aromatic nitrogens is 2. The van der Waals surface area contributed by atoms with Gasteiger partial charge in [0.2, 0.25) is 5.91 Å². The molecular formula is C15H18BrN3O2S. The Morgan fingerprint density at radius 2 is 2.14 bits per heavy atom. The van der Waals surface area contributed by atoms with Crippen LogP contribution in [0.25, 0.3) is 0 Å². The van der Waals surface area contributed by atoms with Crippen LogP contribution in [-0.4, -0.2) is 46.3 Å². The fraction of sp³-hybridized carbons (Fsp3) is 0.333. The Balaban J connectivity index is 1.70. The summed E-state index contributed by atoms with van der Waals surface area (Å²) in [7, 11) is 3.70. The van der Waals surface area contributed by atoms with E-state index in [1.54, 1.807) is 18.1 Å². The van der Waals surface area contributed by atoms with Gasteiger partial charge in [0.1, 0.15) is 12.4 Å². The highest BCUT2D eigenvalue weighted by Crippen LogP contribution is 2.16. The Morgan fingerprint density at radius 1 is 1.41 bits per heavy atom. The first-order valence-corrected chi connectivity index (χ1v) is 8.56. The van der Waals surface area contributed by atoms with E-state index in [0.717, 1.165) is 15.4 Å². The second kappa shape index (κ2) is 8.24. The van der Waals surface area contributed by atoms with Crippen LogP contribution in [0.15, 0.2) is 46.3 Å². The van der Waals surface area contributed by atoms with E-state index in [4.69, 9.17) is 4.74 Å². The van der Waals surface area contributed by atoms with Crippen LogP contribution in [0.1, 0.15) is 0 Å². The van der Waals surface area contributed by atoms with Crippen LogP contribution in [0.5, 0.6) is 5.75 Å². The standard InChI is InChI=1S/C15H18BrN3O2S/c1-18(9-10-21-13-5-3-12(16)4-6-13)14(20)11-22-15-17-7-8-19(15)2/h3-8H,9-11H2,1-2H3. The first-order valence-electron chi connectivity index (χ1n) is 6.78. The smallest absolute Gasteiger partial charge is 0.232 e. The number of rotatable bonds is 7. The number of carbonyl (C=O) groups is 1. The number of ether oxygens (including phenoxy) is 1. The third-order valence-corrected chi connectivity index (χ3v) is 4.61. The molecule has 7 heteroatoms. The van der Waals surface area contributed by atoms with Gasteiger partial charge in [-0.3, -0.25) is 4.79 Å². The maximum absolute atomic E-state index is 12.0. The number of amides is 1. The van der Waals surface area contributed by atoms with Crippen LogP contribution >= 0.6 is 27.7 Å². The summed E-state index contributed by atoms with van der Waals surface area (Å²) in [5.74, 6) is 1.23. The van der Waals surface area contributed by atoms with Gasteiger partial charge >= 0.3 is 0 Å². The molecule has 0 bridgehead atoms. The zero-order chi connectivity index (χ0) is 15.9. The largest absolute Gasteiger partial charge is 0.492 e. The Kier molecular flexibility index (Phi) is 6.33. The number of hydrogen-bond acceptors (Lipinski definition) is 4. The lowest BCUT2D eigenvalue weighted by Gasteiger charge is -2.17. The van der Waals surface area contributed by atoms with Crippen molar-refractivity contribution in [2.75, 3.05) is 26.0 Å². The highest BCUT2D eigenvalue weighted by molar-refractivity contribution is 9.10. The minimum Gasteiger partial charge on any atom is -0.492 e. The minimum atomic E-state index is 0.0624. The molecule has 1 amide bonds. The average Bonchev–Trinajstić information content (AvgIpc) is 2.92. The lowest BCUT2D eigenvalue weighted by atomic mass is 10.3. The summed E-state index contributed by atoms with van der Waals surface area (Å²) in [4.78, 5) is 17.9. The second-order valence-corrected chi connectivity index (χ2v) is 6.59. The van der Waals surface area contributed by atoms with E-state index < -0.39 is 0 Å². The van der Waals surface area contributed by atoms with Crippen LogP contribution < -0.4 is 4.74 Å². The van der Waals surface area contributed by atoms with E-state index in [1.807, 2.05) is 42.1 Å². The number of halogens is 1. The van der Waals surface area contributed by atoms with E-state index in [1.165, 1.54) is 11.8 Å². The molecule has 1 aromatic heterocycles. The molecule has 0 fully saturated rings. The predicted molar refractivity (Wildman–Crippen MR) is 91.2 cm³/mol. The fourth-order valence-corrected chi connectivity index (χ4v) is 2.82. The molecule has 5 nitrogen and oxygen atoms in total. The van der Waals surface area contributed by atoms with Gasteiger partial charge in [0.25, 0.3) is 0 Å². The highest BCUT2D eigenvalue weighted by Gasteiger charge is 2.11. The number of likely N-dealkylation sites (N-methyl/N-ethyl adjacent to an activating group) is 1. The molecule has 22 heavy (non-hydrogen) atoms. The highest BCUT2D eigenvalue weighted by atomic mass is 79.9. The number of hydrogen-bond donors (Lipinski definition) is 0. The molecule has 118 valence electrons. The molecule has 1 aromatic carbocycles. The van der Waals surface area contributed by atoms with Crippen LogP contribution in [0.3, 0.4) is 0 Å². The van der Waals surface area contributed by atoms with Gasteiger partial charge in [-0.05, 0) is 24.3 Å². The monoisotopic (exact) mass is 383 g/mol. The lowest BCUT2D eigenvalue weighted by Crippen LogP contribution is -2.32. The Bertz CT molecular complexity index is 616. The summed E-state index contributed by atoms with van der Waals surface area (Å²) < 4.78 is 8.52. The molecular weight excluding hydrogens is 366 g/mol. The van der Waals surface area contributed by atoms with Gasteiger partial charge < -0.3 is 14.2 Å². The Labute approximate surface area is 142 Å². The maximum atomic E-state index is 12.0. The third kappa shape index (κ3) is 5.06. The molecule has 0 unspecified atom stereocenters. The zero-order valence-electron chi connectivity index (χ0n) is 12.5. The number of benzene rings is 1. The summed E-state index contributed by atoms with van der Waals surface area (Å²) in [6.07, 6.45) is 3.59. The van der Waals surface area contributed by atoms with Crippen molar-refractivity contribution in [1.29, 1.82) is 0 Å². The molecule has 2 rings (SSSR count). The lowest BCUT2D eigenvalue weighted by molar-refractivity contribution is -0.127. The Morgan fingerprint density at radius 3 is 2.77 bits per heavy atom. The predicted octanol–water partition coefficient (Wildman–Crippen LogP) is 2.81. The first-order chi connectivity index (χ1) is 10.6. The topological polar surface area (TPSA) is 47.4 Å². The van der Waals surface area contributed by atoms with Crippen LogP contribution in [0, 0.1) is 0 Å². The SMILES string of the molecule is CN(CCOc1ccc(Br)cc1)C(=O)CSc1nccn1C. The third-order valence-electron chi connectivity index (χ3n) is 3.04. The van der Waals surface area contributed by atoms with Crippen molar-refractivity contribution in [3.63, 3.8) is 0 Å². The van der Waals surface area contributed by atoms with E-state index in [9.17, 15) is 4.79 Å². The number of nitrogens with zero attached hydrogens (tertiary/aromatic N) is 3. The van der Waals surface area contributed by atoms with Crippen molar-refractivity contribution in [2.24, 2.45) is 7.05 Å². The summed E-state index contributed by atoms with van der Waals surface area (Å²) >= 11 is 4.81. The molecule has 0 N–H and O–H groups in total. The van der Waals surface area contributed by atoms with Gasteiger partial charge in [-0.2, -0.15) is 0 Å². The van der Waals surface area contributed by atoms with Crippen molar-refractivity contribution in [1.82, 2.24) is 14.5 Å². The average molecular weight is 384 g/mol. The van der Waals surface area contributed by atoms with E-state index in [-0.39, 0.29) is 5.91 Å². The molecule has 0 aliphatic rings. The maximum Gasteiger partial charge on any atom is 0.232 e. The molecule has 1 heterocycles. The molecule has 0 spiro atoms. The van der Waals surface area contributed by atoms with Gasteiger partial charge in [0.15, 0.2) is 5.16 Å². The van der Waals surface area contributed by atoms with E-state index in [0.29, 0.717) is 18.9 Å². The van der Waals surface area contributed by atoms with Gasteiger partial charge in [-0.1, -0.05) is 27.7 Å². The normalized spacial score (nSPS) is 10.5. The summed E-state index contributed by atoms with van der Waals surface area (Å²) in [6, 6.07) is 7.63. The molecule has 0 saturated heterocycles. The summed E-state index contributed by atoms with van der Waals surface area (Å²) in [5.41, 5.74) is 0. The van der Waals surface area contributed by atoms with Crippen molar-refractivity contribution in [3.8, 4) is 5.75 Å². The van der Waals surface area contributed by atoms with Crippen molar-refractivity contribution >= 4 is 33.6 Å². The molecule has 2 aromatic rings. The first kappa shape index (κ1) is 16.9. The number of carbonyl (C=O) groups excluding carboxylic acids is 1. The number of thioether (sulfide) groups is 1. The van der Waals surface area contributed by atoms with Gasteiger partial charge in [0.05, 0.1) is 12.3 Å². The van der Waals surface area contributed by atoms with Crippen molar-refractivity contribution in [2.45, 2.75) is 5.16 Å². The van der Waals surface area contributed by atoms with E-state index >= 15 is 0 Å². The Hall–Kier alpha value is -1.47. The molecule has 0 saturated carbocycles. The zero-order valence-corrected chi connectivity index (χ0v) is 14.9. The van der Waals surface area contributed by atoms with Crippen LogP contribution in [-0.2, 0) is 11.8 Å². The molecule has 0 aliphatic carbocycles. The fourth-order valence-electron chi connectivity index (χ4n) is 1.68. The molecule has 0 radical (unpaired) electrons. The van der Waals surface area contributed by atoms with Crippen LogP contribution in [0.2, 0.25) is 0 Å². The van der Waals surface area contributed by atoms with Gasteiger partial charge in [0, 0.05) is 31.0 Å². The second-order valence-electron chi connectivity index (χ2n) is 4.73. The summed E-state index contributed by atoms with van der Waals surface area (Å²) in [5, 5.41) is 0.841. The number of aryl methyl sites for hydroxylation is 1. The van der Waals surface area contributed by atoms with Crippen molar-refractivity contribution < 1.29 is 9.53 Å². The quantitative estimate of drug-likeness (QED) is 0.689. The van der Waals surface area contributed by atoms with Crippen LogP contribution in [0.4, 0.5) is 0 Å². The van der Waals surface area contributed by atoms with E-state index in [2.05, 4.69) is 20.9 Å². The summed E-state index contributed by atoms with van der Waals surface area (Å²) in [6.45, 7) is 1.02. The van der Waals surface area contributed by atoms with Crippen molar-refractivity contribution in [3.05, 3.63) is 41.1 Å². The molecule has 0 atom stereocenters. The van der Waals surface area contributed by atoms with Gasteiger partial charge in [-0.15, -0.1) is 0 Å².